The van der Waals surface area contributed by atoms with E-state index in [1.54, 1.807) is 6.07 Å². The lowest BCUT2D eigenvalue weighted by Gasteiger charge is -2.02. The number of nitrogens with one attached hydrogen (secondary N) is 2. The highest BCUT2D eigenvalue weighted by Crippen LogP contribution is 2.21. The molecule has 0 aliphatic rings. The normalized spacial score (nSPS) is 10.7. The van der Waals surface area contributed by atoms with Crippen molar-refractivity contribution in [3.05, 3.63) is 32.4 Å². The summed E-state index contributed by atoms with van der Waals surface area (Å²) in [5.41, 5.74) is -0.254. The van der Waals surface area contributed by atoms with Gasteiger partial charge in [-0.05, 0) is 18.6 Å². The number of rotatable bonds is 8. The average Bonchev–Trinajstić information content (AvgIpc) is 3.12. The van der Waals surface area contributed by atoms with E-state index >= 15 is 0 Å². The molecule has 0 bridgehead atoms. The Hall–Kier alpha value is -1.87. The van der Waals surface area contributed by atoms with Crippen molar-refractivity contribution in [1.29, 1.82) is 0 Å². The molecule has 0 atom stereocenters. The zero-order chi connectivity index (χ0) is 16.8. The standard InChI is InChI=1S/C14H18N4O3S2/c1-3-6-18-13(21)16-17-14(18)22-8-11(20)12-5-4-10(23-12)7-15-9(2)19/h4-5H,3,6-8H2,1-2H3,(H,15,19)(H,16,21). The summed E-state index contributed by atoms with van der Waals surface area (Å²) in [4.78, 5) is 36.3. The first-order valence-corrected chi connectivity index (χ1v) is 8.95. The maximum Gasteiger partial charge on any atom is 0.343 e. The van der Waals surface area contributed by atoms with E-state index in [2.05, 4.69) is 15.5 Å². The molecule has 0 aliphatic heterocycles. The fraction of sp³-hybridized carbons (Fsp3) is 0.429. The molecule has 0 saturated carbocycles. The zero-order valence-electron chi connectivity index (χ0n) is 12.9. The first kappa shape index (κ1) is 17.5. The molecule has 0 unspecified atom stereocenters. The van der Waals surface area contributed by atoms with Crippen molar-refractivity contribution in [1.82, 2.24) is 20.1 Å². The SMILES string of the molecule is CCCn1c(SCC(=O)c2ccc(CNC(C)=O)s2)n[nH]c1=O. The van der Waals surface area contributed by atoms with Gasteiger partial charge in [0.1, 0.15) is 0 Å². The van der Waals surface area contributed by atoms with Crippen LogP contribution >= 0.6 is 23.1 Å². The molecular weight excluding hydrogens is 336 g/mol. The lowest BCUT2D eigenvalue weighted by molar-refractivity contribution is -0.119. The highest BCUT2D eigenvalue weighted by Gasteiger charge is 2.14. The number of ketones is 1. The molecule has 0 aromatic carbocycles. The quantitative estimate of drug-likeness (QED) is 0.555. The van der Waals surface area contributed by atoms with Gasteiger partial charge in [-0.3, -0.25) is 14.2 Å². The van der Waals surface area contributed by atoms with Crippen molar-refractivity contribution in [2.45, 2.75) is 38.5 Å². The van der Waals surface area contributed by atoms with Crippen molar-refractivity contribution in [2.24, 2.45) is 0 Å². The van der Waals surface area contributed by atoms with Gasteiger partial charge < -0.3 is 5.32 Å². The number of carbonyl (C=O) groups excluding carboxylic acids is 2. The Balaban J connectivity index is 1.95. The minimum Gasteiger partial charge on any atom is -0.351 e. The number of carbonyl (C=O) groups is 2. The van der Waals surface area contributed by atoms with Gasteiger partial charge in [0.15, 0.2) is 10.9 Å². The Morgan fingerprint density at radius 3 is 2.91 bits per heavy atom. The highest BCUT2D eigenvalue weighted by atomic mass is 32.2. The maximum atomic E-state index is 12.2. The lowest BCUT2D eigenvalue weighted by Crippen LogP contribution is -2.18. The molecule has 0 saturated heterocycles. The summed E-state index contributed by atoms with van der Waals surface area (Å²) < 4.78 is 1.54. The number of H-pyrrole nitrogens is 1. The van der Waals surface area contributed by atoms with Crippen LogP contribution in [0.2, 0.25) is 0 Å². The third kappa shape index (κ3) is 4.80. The van der Waals surface area contributed by atoms with Crippen LogP contribution in [0, 0.1) is 0 Å². The van der Waals surface area contributed by atoms with E-state index in [9.17, 15) is 14.4 Å². The van der Waals surface area contributed by atoms with Crippen LogP contribution < -0.4 is 11.0 Å². The van der Waals surface area contributed by atoms with E-state index in [-0.39, 0.29) is 23.1 Å². The summed E-state index contributed by atoms with van der Waals surface area (Å²) in [5.74, 6) is 0.0931. The van der Waals surface area contributed by atoms with E-state index in [1.807, 2.05) is 13.0 Å². The van der Waals surface area contributed by atoms with Crippen LogP contribution in [0.25, 0.3) is 0 Å². The number of hydrogen-bond acceptors (Lipinski definition) is 6. The first-order valence-electron chi connectivity index (χ1n) is 7.15. The smallest absolute Gasteiger partial charge is 0.343 e. The van der Waals surface area contributed by atoms with Crippen LogP contribution in [0.15, 0.2) is 22.1 Å². The zero-order valence-corrected chi connectivity index (χ0v) is 14.6. The molecule has 124 valence electrons. The van der Waals surface area contributed by atoms with Crippen molar-refractivity contribution in [2.75, 3.05) is 5.75 Å². The fourth-order valence-electron chi connectivity index (χ4n) is 1.87. The van der Waals surface area contributed by atoms with Gasteiger partial charge in [-0.25, -0.2) is 9.89 Å². The average molecular weight is 354 g/mol. The summed E-state index contributed by atoms with van der Waals surface area (Å²) in [6.07, 6.45) is 0.818. The largest absolute Gasteiger partial charge is 0.351 e. The minimum atomic E-state index is -0.254. The summed E-state index contributed by atoms with van der Waals surface area (Å²) in [6, 6.07) is 3.59. The summed E-state index contributed by atoms with van der Waals surface area (Å²) in [7, 11) is 0. The Bertz CT molecular complexity index is 747. The van der Waals surface area contributed by atoms with Gasteiger partial charge in [0.25, 0.3) is 0 Å². The molecule has 2 aromatic rings. The summed E-state index contributed by atoms with van der Waals surface area (Å²) in [6.45, 7) is 4.43. The van der Waals surface area contributed by atoms with Crippen LogP contribution in [0.3, 0.4) is 0 Å². The number of Topliss-reactive ketones (excluding diaryl/α,β-unsaturated/α-hetero) is 1. The molecule has 0 aliphatic carbocycles. The topological polar surface area (TPSA) is 96.8 Å². The van der Waals surface area contributed by atoms with Crippen LogP contribution in [0.5, 0.6) is 0 Å². The lowest BCUT2D eigenvalue weighted by atomic mass is 10.3. The van der Waals surface area contributed by atoms with Crippen LogP contribution in [0.1, 0.15) is 34.8 Å². The number of nitrogens with zero attached hydrogens (tertiary/aromatic N) is 2. The van der Waals surface area contributed by atoms with Crippen molar-refractivity contribution < 1.29 is 9.59 Å². The Kier molecular flexibility index (Phi) is 6.17. The van der Waals surface area contributed by atoms with Crippen molar-refractivity contribution >= 4 is 34.8 Å². The molecule has 2 rings (SSSR count). The second-order valence-electron chi connectivity index (χ2n) is 4.85. The first-order chi connectivity index (χ1) is 11.0. The van der Waals surface area contributed by atoms with Crippen LogP contribution in [0.4, 0.5) is 0 Å². The van der Waals surface area contributed by atoms with E-state index in [0.29, 0.717) is 23.1 Å². The molecule has 0 fully saturated rings. The Labute approximate surface area is 141 Å². The van der Waals surface area contributed by atoms with Gasteiger partial charge in [0, 0.05) is 18.3 Å². The van der Waals surface area contributed by atoms with E-state index < -0.39 is 0 Å². The van der Waals surface area contributed by atoms with E-state index in [0.717, 1.165) is 11.3 Å². The van der Waals surface area contributed by atoms with Gasteiger partial charge in [0.05, 0.1) is 17.2 Å². The molecule has 1 amide bonds. The number of thioether (sulfide) groups is 1. The molecule has 2 N–H and O–H groups in total. The molecule has 23 heavy (non-hydrogen) atoms. The fourth-order valence-corrected chi connectivity index (χ4v) is 3.70. The van der Waals surface area contributed by atoms with Gasteiger partial charge >= 0.3 is 5.69 Å². The predicted octanol–water partition coefficient (Wildman–Crippen LogP) is 1.65. The van der Waals surface area contributed by atoms with E-state index in [4.69, 9.17) is 0 Å². The summed E-state index contributed by atoms with van der Waals surface area (Å²) in [5, 5.41) is 9.58. The number of amides is 1. The Morgan fingerprint density at radius 1 is 1.43 bits per heavy atom. The van der Waals surface area contributed by atoms with Gasteiger partial charge in [-0.15, -0.1) is 16.4 Å². The minimum absolute atomic E-state index is 0.0208. The highest BCUT2D eigenvalue weighted by molar-refractivity contribution is 7.99. The molecular formula is C14H18N4O3S2. The molecule has 9 heteroatoms. The number of thiophene rings is 1. The van der Waals surface area contributed by atoms with Crippen molar-refractivity contribution in [3.63, 3.8) is 0 Å². The monoisotopic (exact) mass is 354 g/mol. The predicted molar refractivity (Wildman–Crippen MR) is 90.0 cm³/mol. The van der Waals surface area contributed by atoms with Gasteiger partial charge in [-0.1, -0.05) is 18.7 Å². The van der Waals surface area contributed by atoms with Gasteiger partial charge in [-0.2, -0.15) is 0 Å². The third-order valence-electron chi connectivity index (χ3n) is 2.95. The number of aromatic nitrogens is 3. The third-order valence-corrected chi connectivity index (χ3v) is 5.05. The second-order valence-corrected chi connectivity index (χ2v) is 6.96. The van der Waals surface area contributed by atoms with E-state index in [1.165, 1.54) is 34.6 Å². The maximum absolute atomic E-state index is 12.2. The molecule has 0 radical (unpaired) electrons. The molecule has 2 aromatic heterocycles. The molecule has 0 spiro atoms. The number of hydrogen-bond donors (Lipinski definition) is 2. The Morgan fingerprint density at radius 2 is 2.22 bits per heavy atom. The number of aromatic amines is 1. The summed E-state index contributed by atoms with van der Waals surface area (Å²) >= 11 is 2.61. The van der Waals surface area contributed by atoms with Crippen LogP contribution in [-0.4, -0.2) is 32.2 Å². The second kappa shape index (κ2) is 8.11. The van der Waals surface area contributed by atoms with Crippen LogP contribution in [-0.2, 0) is 17.9 Å². The van der Waals surface area contributed by atoms with Gasteiger partial charge in [0.2, 0.25) is 5.91 Å². The molecule has 7 nitrogen and oxygen atoms in total. The van der Waals surface area contributed by atoms with Crippen molar-refractivity contribution in [3.8, 4) is 0 Å². The molecule has 2 heterocycles.